The maximum absolute atomic E-state index is 6.20. The lowest BCUT2D eigenvalue weighted by Crippen LogP contribution is -2.12. The van der Waals surface area contributed by atoms with Crippen molar-refractivity contribution in [2.24, 2.45) is 0 Å². The normalized spacial score (nSPS) is 12.8. The Kier molecular flexibility index (Phi) is 2.25. The summed E-state index contributed by atoms with van der Waals surface area (Å²) in [6.07, 6.45) is 3.99. The zero-order chi connectivity index (χ0) is 11.8. The number of hydrogen-bond acceptors (Lipinski definition) is 3. The molecule has 3 heteroatoms. The average molecular weight is 226 g/mol. The molecule has 0 saturated carbocycles. The average Bonchev–Trinajstić information content (AvgIpc) is 2.31. The first-order valence-corrected chi connectivity index (χ1v) is 5.70. The summed E-state index contributed by atoms with van der Waals surface area (Å²) in [5, 5.41) is 0. The monoisotopic (exact) mass is 226 g/mol. The Labute approximate surface area is 100 Å². The summed E-state index contributed by atoms with van der Waals surface area (Å²) < 4.78 is 5.13. The minimum Gasteiger partial charge on any atom is -0.481 e. The highest BCUT2D eigenvalue weighted by Crippen LogP contribution is 2.36. The number of hydrogen-bond donors (Lipinski definition) is 1. The van der Waals surface area contributed by atoms with Crippen molar-refractivity contribution in [3.63, 3.8) is 0 Å². The van der Waals surface area contributed by atoms with Crippen molar-refractivity contribution < 1.29 is 4.74 Å². The number of methoxy groups -OCH3 is 1. The molecule has 1 aromatic heterocycles. The van der Waals surface area contributed by atoms with Gasteiger partial charge in [0.1, 0.15) is 0 Å². The second kappa shape index (κ2) is 3.77. The smallest absolute Gasteiger partial charge is 0.213 e. The van der Waals surface area contributed by atoms with E-state index in [1.807, 2.05) is 12.1 Å². The SMILES string of the molecule is COc1cc(-c2ccc3c(c2N)CC3)ccn1. The van der Waals surface area contributed by atoms with E-state index in [2.05, 4.69) is 17.1 Å². The van der Waals surface area contributed by atoms with Gasteiger partial charge >= 0.3 is 0 Å². The first-order chi connectivity index (χ1) is 8.29. The first kappa shape index (κ1) is 10.1. The molecule has 0 fully saturated rings. The van der Waals surface area contributed by atoms with Gasteiger partial charge in [0.25, 0.3) is 0 Å². The zero-order valence-electron chi connectivity index (χ0n) is 9.73. The molecular weight excluding hydrogens is 212 g/mol. The van der Waals surface area contributed by atoms with Crippen molar-refractivity contribution in [2.75, 3.05) is 12.8 Å². The van der Waals surface area contributed by atoms with Gasteiger partial charge in [-0.1, -0.05) is 12.1 Å². The summed E-state index contributed by atoms with van der Waals surface area (Å²) in [7, 11) is 1.62. The summed E-state index contributed by atoms with van der Waals surface area (Å²) in [5.74, 6) is 0.615. The van der Waals surface area contributed by atoms with E-state index in [1.165, 1.54) is 11.1 Å². The van der Waals surface area contributed by atoms with Gasteiger partial charge in [0, 0.05) is 23.5 Å². The van der Waals surface area contributed by atoms with E-state index >= 15 is 0 Å². The van der Waals surface area contributed by atoms with Gasteiger partial charge in [0.2, 0.25) is 5.88 Å². The quantitative estimate of drug-likeness (QED) is 0.800. The number of aromatic nitrogens is 1. The highest BCUT2D eigenvalue weighted by Gasteiger charge is 2.18. The molecule has 0 amide bonds. The Bertz CT molecular complexity index is 578. The molecule has 0 atom stereocenters. The fourth-order valence-corrected chi connectivity index (χ4v) is 2.26. The fraction of sp³-hybridized carbons (Fsp3) is 0.214. The number of nitrogens with two attached hydrogens (primary N) is 1. The zero-order valence-corrected chi connectivity index (χ0v) is 9.73. The highest BCUT2D eigenvalue weighted by atomic mass is 16.5. The van der Waals surface area contributed by atoms with Crippen LogP contribution in [-0.4, -0.2) is 12.1 Å². The van der Waals surface area contributed by atoms with Crippen molar-refractivity contribution in [3.8, 4) is 17.0 Å². The van der Waals surface area contributed by atoms with Gasteiger partial charge in [-0.2, -0.15) is 0 Å². The lowest BCUT2D eigenvalue weighted by molar-refractivity contribution is 0.398. The molecule has 17 heavy (non-hydrogen) atoms. The molecule has 1 heterocycles. The van der Waals surface area contributed by atoms with Gasteiger partial charge in [-0.3, -0.25) is 0 Å². The second-order valence-corrected chi connectivity index (χ2v) is 4.25. The van der Waals surface area contributed by atoms with Crippen LogP contribution in [-0.2, 0) is 12.8 Å². The molecule has 86 valence electrons. The predicted octanol–water partition coefficient (Wildman–Crippen LogP) is 2.44. The molecule has 2 aromatic rings. The van der Waals surface area contributed by atoms with E-state index < -0.39 is 0 Å². The molecule has 0 saturated heterocycles. The molecule has 0 aliphatic heterocycles. The molecule has 3 rings (SSSR count). The first-order valence-electron chi connectivity index (χ1n) is 5.70. The van der Waals surface area contributed by atoms with Crippen molar-refractivity contribution >= 4 is 5.69 Å². The summed E-state index contributed by atoms with van der Waals surface area (Å²) in [4.78, 5) is 4.10. The molecule has 3 nitrogen and oxygen atoms in total. The Hall–Kier alpha value is -2.03. The van der Waals surface area contributed by atoms with Crippen LogP contribution >= 0.6 is 0 Å². The minimum atomic E-state index is 0.615. The van der Waals surface area contributed by atoms with E-state index in [1.54, 1.807) is 13.3 Å². The Morgan fingerprint density at radius 3 is 2.82 bits per heavy atom. The van der Waals surface area contributed by atoms with Crippen LogP contribution in [0.2, 0.25) is 0 Å². The van der Waals surface area contributed by atoms with E-state index in [4.69, 9.17) is 10.5 Å². The minimum absolute atomic E-state index is 0.615. The van der Waals surface area contributed by atoms with Crippen LogP contribution in [0.15, 0.2) is 30.5 Å². The van der Waals surface area contributed by atoms with Crippen LogP contribution in [0.5, 0.6) is 5.88 Å². The summed E-state index contributed by atoms with van der Waals surface area (Å²) in [5.41, 5.74) is 11.9. The standard InChI is InChI=1S/C14H14N2O/c1-17-13-8-10(6-7-16-13)12-5-3-9-2-4-11(9)14(12)15/h3,5-8H,2,4,15H2,1H3. The summed E-state index contributed by atoms with van der Waals surface area (Å²) in [6, 6.07) is 8.12. The number of pyridine rings is 1. The molecule has 2 N–H and O–H groups in total. The van der Waals surface area contributed by atoms with Gasteiger partial charge in [-0.15, -0.1) is 0 Å². The van der Waals surface area contributed by atoms with Crippen molar-refractivity contribution in [3.05, 3.63) is 41.6 Å². The highest BCUT2D eigenvalue weighted by molar-refractivity contribution is 5.80. The molecule has 1 aliphatic rings. The van der Waals surface area contributed by atoms with E-state index in [-0.39, 0.29) is 0 Å². The molecule has 1 aliphatic carbocycles. The number of benzene rings is 1. The van der Waals surface area contributed by atoms with Crippen molar-refractivity contribution in [2.45, 2.75) is 12.8 Å². The Morgan fingerprint density at radius 2 is 2.12 bits per heavy atom. The van der Waals surface area contributed by atoms with Gasteiger partial charge in [0.15, 0.2) is 0 Å². The van der Waals surface area contributed by atoms with E-state index in [0.29, 0.717) is 5.88 Å². The molecule has 0 bridgehead atoms. The number of rotatable bonds is 2. The Morgan fingerprint density at radius 1 is 1.24 bits per heavy atom. The largest absolute Gasteiger partial charge is 0.481 e. The van der Waals surface area contributed by atoms with Gasteiger partial charge in [-0.05, 0) is 35.6 Å². The third kappa shape index (κ3) is 1.55. The molecule has 1 aromatic carbocycles. The van der Waals surface area contributed by atoms with Crippen molar-refractivity contribution in [1.29, 1.82) is 0 Å². The van der Waals surface area contributed by atoms with Crippen LogP contribution in [0.25, 0.3) is 11.1 Å². The van der Waals surface area contributed by atoms with Crippen LogP contribution in [0, 0.1) is 0 Å². The third-order valence-electron chi connectivity index (χ3n) is 3.35. The van der Waals surface area contributed by atoms with Crippen molar-refractivity contribution in [1.82, 2.24) is 4.98 Å². The number of ether oxygens (including phenoxy) is 1. The van der Waals surface area contributed by atoms with Crippen LogP contribution < -0.4 is 10.5 Å². The maximum Gasteiger partial charge on any atom is 0.213 e. The van der Waals surface area contributed by atoms with Crippen LogP contribution in [0.4, 0.5) is 5.69 Å². The number of anilines is 1. The summed E-state index contributed by atoms with van der Waals surface area (Å²) in [6.45, 7) is 0. The lowest BCUT2D eigenvalue weighted by Gasteiger charge is -2.23. The topological polar surface area (TPSA) is 48.1 Å². The molecule has 0 spiro atoms. The van der Waals surface area contributed by atoms with Gasteiger partial charge in [0.05, 0.1) is 7.11 Å². The number of nitrogen functional groups attached to an aromatic ring is 1. The van der Waals surface area contributed by atoms with Crippen LogP contribution in [0.1, 0.15) is 11.1 Å². The summed E-state index contributed by atoms with van der Waals surface area (Å²) >= 11 is 0. The Balaban J connectivity index is 2.12. The number of fused-ring (bicyclic) bond motifs is 1. The number of nitrogens with zero attached hydrogens (tertiary/aromatic N) is 1. The predicted molar refractivity (Wildman–Crippen MR) is 68.0 cm³/mol. The number of aryl methyl sites for hydroxylation is 1. The molecule has 0 radical (unpaired) electrons. The molecule has 0 unspecified atom stereocenters. The third-order valence-corrected chi connectivity index (χ3v) is 3.35. The van der Waals surface area contributed by atoms with E-state index in [9.17, 15) is 0 Å². The van der Waals surface area contributed by atoms with Gasteiger partial charge in [-0.25, -0.2) is 4.98 Å². The van der Waals surface area contributed by atoms with Crippen LogP contribution in [0.3, 0.4) is 0 Å². The molecular formula is C14H14N2O. The maximum atomic E-state index is 6.20. The lowest BCUT2D eigenvalue weighted by atomic mass is 9.84. The van der Waals surface area contributed by atoms with Gasteiger partial charge < -0.3 is 10.5 Å². The second-order valence-electron chi connectivity index (χ2n) is 4.25. The fourth-order valence-electron chi connectivity index (χ4n) is 2.26. The van der Waals surface area contributed by atoms with E-state index in [0.717, 1.165) is 29.7 Å².